The smallest absolute Gasteiger partial charge is 0.354 e. The van der Waals surface area contributed by atoms with Gasteiger partial charge in [-0.2, -0.15) is 0 Å². The summed E-state index contributed by atoms with van der Waals surface area (Å²) in [6, 6.07) is 1.38. The van der Waals surface area contributed by atoms with Crippen molar-refractivity contribution in [2.45, 2.75) is 26.7 Å². The second-order valence-corrected chi connectivity index (χ2v) is 3.18. The fourth-order valence-electron chi connectivity index (χ4n) is 1.12. The van der Waals surface area contributed by atoms with Crippen LogP contribution in [0.15, 0.2) is 6.07 Å². The van der Waals surface area contributed by atoms with E-state index < -0.39 is 5.97 Å². The highest BCUT2D eigenvalue weighted by Gasteiger charge is 2.10. The lowest BCUT2D eigenvalue weighted by Crippen LogP contribution is -2.10. The van der Waals surface area contributed by atoms with Gasteiger partial charge >= 0.3 is 5.97 Å². The normalized spacial score (nSPS) is 10.0. The number of carbonyl (C=O) groups is 2. The quantitative estimate of drug-likeness (QED) is 0.798. The van der Waals surface area contributed by atoms with Crippen molar-refractivity contribution in [1.29, 1.82) is 0 Å². The number of aromatic carboxylic acids is 1. The van der Waals surface area contributed by atoms with Gasteiger partial charge in [-0.05, 0) is 13.0 Å². The molecule has 0 amide bonds. The van der Waals surface area contributed by atoms with E-state index in [2.05, 4.69) is 9.97 Å². The predicted octanol–water partition coefficient (Wildman–Crippen LogP) is 1.00. The SMILES string of the molecule is CCC(=O)Cc1nc(C)cc(C(=O)O)n1. The lowest BCUT2D eigenvalue weighted by atomic mass is 10.2. The first kappa shape index (κ1) is 11.3. The number of nitrogens with zero attached hydrogens (tertiary/aromatic N) is 2. The van der Waals surface area contributed by atoms with Gasteiger partial charge in [0.25, 0.3) is 0 Å². The third kappa shape index (κ3) is 3.12. The van der Waals surface area contributed by atoms with Crippen molar-refractivity contribution in [2.24, 2.45) is 0 Å². The van der Waals surface area contributed by atoms with Crippen LogP contribution in [0.5, 0.6) is 0 Å². The fourth-order valence-corrected chi connectivity index (χ4v) is 1.12. The Hall–Kier alpha value is -1.78. The van der Waals surface area contributed by atoms with Crippen LogP contribution < -0.4 is 0 Å². The van der Waals surface area contributed by atoms with Crippen LogP contribution in [-0.2, 0) is 11.2 Å². The van der Waals surface area contributed by atoms with E-state index in [1.807, 2.05) is 0 Å². The molecule has 0 saturated heterocycles. The number of carbonyl (C=O) groups excluding carboxylic acids is 1. The van der Waals surface area contributed by atoms with E-state index in [0.29, 0.717) is 12.1 Å². The Morgan fingerprint density at radius 1 is 1.40 bits per heavy atom. The fraction of sp³-hybridized carbons (Fsp3) is 0.400. The number of hydrogen-bond acceptors (Lipinski definition) is 4. The van der Waals surface area contributed by atoms with Crippen LogP contribution in [0.2, 0.25) is 0 Å². The third-order valence-electron chi connectivity index (χ3n) is 1.87. The van der Waals surface area contributed by atoms with E-state index in [9.17, 15) is 9.59 Å². The molecule has 0 radical (unpaired) electrons. The minimum absolute atomic E-state index is 0.00283. The molecule has 0 aliphatic rings. The van der Waals surface area contributed by atoms with E-state index in [0.717, 1.165) is 0 Å². The topological polar surface area (TPSA) is 80.2 Å². The third-order valence-corrected chi connectivity index (χ3v) is 1.87. The van der Waals surface area contributed by atoms with Gasteiger partial charge in [-0.3, -0.25) is 4.79 Å². The Bertz CT molecular complexity index is 402. The van der Waals surface area contributed by atoms with E-state index in [4.69, 9.17) is 5.11 Å². The van der Waals surface area contributed by atoms with Gasteiger partial charge in [0.2, 0.25) is 0 Å². The second kappa shape index (κ2) is 4.63. The highest BCUT2D eigenvalue weighted by atomic mass is 16.4. The molecule has 80 valence electrons. The highest BCUT2D eigenvalue weighted by molar-refractivity contribution is 5.85. The molecule has 0 atom stereocenters. The van der Waals surface area contributed by atoms with Crippen molar-refractivity contribution in [1.82, 2.24) is 9.97 Å². The molecule has 0 spiro atoms. The standard InChI is InChI=1S/C10H12N2O3/c1-3-7(13)5-9-11-6(2)4-8(12-9)10(14)15/h4H,3,5H2,1-2H3,(H,14,15). The zero-order chi connectivity index (χ0) is 11.4. The molecule has 0 aliphatic carbocycles. The maximum atomic E-state index is 11.1. The van der Waals surface area contributed by atoms with Gasteiger partial charge in [0.05, 0.1) is 6.42 Å². The van der Waals surface area contributed by atoms with E-state index in [-0.39, 0.29) is 23.7 Å². The maximum absolute atomic E-state index is 11.1. The van der Waals surface area contributed by atoms with Gasteiger partial charge in [0.15, 0.2) is 5.69 Å². The van der Waals surface area contributed by atoms with Gasteiger partial charge in [-0.1, -0.05) is 6.92 Å². The lowest BCUT2D eigenvalue weighted by molar-refractivity contribution is -0.118. The lowest BCUT2D eigenvalue weighted by Gasteiger charge is -2.01. The van der Waals surface area contributed by atoms with E-state index in [1.54, 1.807) is 13.8 Å². The van der Waals surface area contributed by atoms with Gasteiger partial charge < -0.3 is 5.11 Å². The van der Waals surface area contributed by atoms with Crippen LogP contribution in [0, 0.1) is 6.92 Å². The molecule has 1 N–H and O–H groups in total. The van der Waals surface area contributed by atoms with Crippen LogP contribution in [0.25, 0.3) is 0 Å². The summed E-state index contributed by atoms with van der Waals surface area (Å²) in [6.45, 7) is 3.42. The average Bonchev–Trinajstić information content (AvgIpc) is 2.16. The van der Waals surface area contributed by atoms with Crippen molar-refractivity contribution >= 4 is 11.8 Å². The van der Waals surface area contributed by atoms with Crippen molar-refractivity contribution in [3.05, 3.63) is 23.3 Å². The number of Topliss-reactive ketones (excluding diaryl/α,β-unsaturated/α-hetero) is 1. The van der Waals surface area contributed by atoms with Crippen LogP contribution in [-0.4, -0.2) is 26.8 Å². The number of carboxylic acid groups (broad SMARTS) is 1. The first-order chi connectivity index (χ1) is 7.02. The average molecular weight is 208 g/mol. The Morgan fingerprint density at radius 2 is 2.07 bits per heavy atom. The summed E-state index contributed by atoms with van der Waals surface area (Å²) in [4.78, 5) is 29.6. The van der Waals surface area contributed by atoms with Gasteiger partial charge in [-0.15, -0.1) is 0 Å². The monoisotopic (exact) mass is 208 g/mol. The zero-order valence-corrected chi connectivity index (χ0v) is 8.65. The molecular weight excluding hydrogens is 196 g/mol. The largest absolute Gasteiger partial charge is 0.477 e. The Balaban J connectivity index is 2.98. The van der Waals surface area contributed by atoms with Crippen molar-refractivity contribution in [3.8, 4) is 0 Å². The first-order valence-electron chi connectivity index (χ1n) is 4.62. The first-order valence-corrected chi connectivity index (χ1v) is 4.62. The number of hydrogen-bond donors (Lipinski definition) is 1. The molecule has 5 nitrogen and oxygen atoms in total. The molecule has 1 aromatic rings. The zero-order valence-electron chi connectivity index (χ0n) is 8.65. The summed E-state index contributed by atoms with van der Waals surface area (Å²) >= 11 is 0. The minimum atomic E-state index is -1.11. The van der Waals surface area contributed by atoms with Crippen LogP contribution in [0.3, 0.4) is 0 Å². The summed E-state index contributed by atoms with van der Waals surface area (Å²) in [5.74, 6) is -0.832. The number of ketones is 1. The molecule has 15 heavy (non-hydrogen) atoms. The molecule has 0 unspecified atom stereocenters. The Morgan fingerprint density at radius 3 is 2.60 bits per heavy atom. The molecular formula is C10H12N2O3. The molecule has 0 fully saturated rings. The van der Waals surface area contributed by atoms with Crippen LogP contribution in [0.1, 0.15) is 35.4 Å². The van der Waals surface area contributed by atoms with Crippen molar-refractivity contribution in [3.63, 3.8) is 0 Å². The molecule has 5 heteroatoms. The molecule has 1 aromatic heterocycles. The van der Waals surface area contributed by atoms with Crippen LogP contribution in [0.4, 0.5) is 0 Å². The molecule has 0 saturated carbocycles. The molecule has 1 heterocycles. The Kier molecular flexibility index (Phi) is 3.49. The van der Waals surface area contributed by atoms with Crippen molar-refractivity contribution < 1.29 is 14.7 Å². The van der Waals surface area contributed by atoms with Gasteiger partial charge in [-0.25, -0.2) is 14.8 Å². The van der Waals surface area contributed by atoms with Crippen molar-refractivity contribution in [2.75, 3.05) is 0 Å². The predicted molar refractivity (Wildman–Crippen MR) is 52.7 cm³/mol. The van der Waals surface area contributed by atoms with Gasteiger partial charge in [0, 0.05) is 12.1 Å². The molecule has 0 bridgehead atoms. The minimum Gasteiger partial charge on any atom is -0.477 e. The molecule has 0 aromatic carbocycles. The maximum Gasteiger partial charge on any atom is 0.354 e. The summed E-state index contributed by atoms with van der Waals surface area (Å²) in [5, 5.41) is 8.75. The Labute approximate surface area is 87.2 Å². The summed E-state index contributed by atoms with van der Waals surface area (Å²) in [7, 11) is 0. The number of rotatable bonds is 4. The number of aryl methyl sites for hydroxylation is 1. The molecule has 0 aliphatic heterocycles. The summed E-state index contributed by atoms with van der Waals surface area (Å²) in [6.07, 6.45) is 0.498. The second-order valence-electron chi connectivity index (χ2n) is 3.18. The van der Waals surface area contributed by atoms with Gasteiger partial charge in [0.1, 0.15) is 11.6 Å². The summed E-state index contributed by atoms with van der Waals surface area (Å²) in [5.41, 5.74) is 0.489. The molecule has 1 rings (SSSR count). The number of carboxylic acids is 1. The summed E-state index contributed by atoms with van der Waals surface area (Å²) < 4.78 is 0. The van der Waals surface area contributed by atoms with E-state index >= 15 is 0 Å². The van der Waals surface area contributed by atoms with Crippen LogP contribution >= 0.6 is 0 Å². The number of aromatic nitrogens is 2. The highest BCUT2D eigenvalue weighted by Crippen LogP contribution is 2.02. The van der Waals surface area contributed by atoms with E-state index in [1.165, 1.54) is 6.07 Å².